The van der Waals surface area contributed by atoms with Crippen LogP contribution >= 0.6 is 0 Å². The number of hydrogen-bond acceptors (Lipinski definition) is 3. The van der Waals surface area contributed by atoms with E-state index in [0.717, 1.165) is 24.9 Å². The van der Waals surface area contributed by atoms with Gasteiger partial charge in [-0.2, -0.15) is 0 Å². The number of phenolic OH excluding ortho intramolecular Hbond substituents is 2. The van der Waals surface area contributed by atoms with E-state index in [1.165, 1.54) is 6.07 Å². The highest BCUT2D eigenvalue weighted by Gasteiger charge is 2.02. The molecule has 0 aromatic heterocycles. The van der Waals surface area contributed by atoms with Gasteiger partial charge in [-0.3, -0.25) is 0 Å². The number of phenols is 2. The quantitative estimate of drug-likeness (QED) is 0.766. The van der Waals surface area contributed by atoms with Gasteiger partial charge >= 0.3 is 0 Å². The van der Waals surface area contributed by atoms with E-state index in [9.17, 15) is 5.11 Å². The fourth-order valence-electron chi connectivity index (χ4n) is 1.35. The predicted octanol–water partition coefficient (Wildman–Crippen LogP) is 1.59. The van der Waals surface area contributed by atoms with Crippen LogP contribution in [-0.4, -0.2) is 35.8 Å². The van der Waals surface area contributed by atoms with E-state index in [1.807, 2.05) is 14.1 Å². The van der Waals surface area contributed by atoms with Crippen LogP contribution in [0.4, 0.5) is 0 Å². The van der Waals surface area contributed by atoms with E-state index in [0.29, 0.717) is 0 Å². The Bertz CT molecular complexity index is 297. The topological polar surface area (TPSA) is 43.7 Å². The molecule has 0 fully saturated rings. The minimum atomic E-state index is 0.110. The molecular weight excluding hydrogens is 178 g/mol. The molecule has 0 bridgehead atoms. The van der Waals surface area contributed by atoms with Crippen LogP contribution in [0.15, 0.2) is 18.2 Å². The number of benzene rings is 1. The lowest BCUT2D eigenvalue weighted by Crippen LogP contribution is -2.13. The Labute approximate surface area is 84.6 Å². The Morgan fingerprint density at radius 1 is 1.21 bits per heavy atom. The van der Waals surface area contributed by atoms with Gasteiger partial charge in [-0.05, 0) is 45.1 Å². The maximum Gasteiger partial charge on any atom is 0.122 e. The highest BCUT2D eigenvalue weighted by Crippen LogP contribution is 2.23. The number of hydrogen-bond donors (Lipinski definition) is 2. The molecule has 14 heavy (non-hydrogen) atoms. The second-order valence-electron chi connectivity index (χ2n) is 3.72. The second-order valence-corrected chi connectivity index (χ2v) is 3.72. The molecule has 1 aromatic rings. The maximum atomic E-state index is 9.48. The second kappa shape index (κ2) is 4.86. The summed E-state index contributed by atoms with van der Waals surface area (Å²) < 4.78 is 0. The van der Waals surface area contributed by atoms with Gasteiger partial charge in [0.2, 0.25) is 0 Å². The minimum absolute atomic E-state index is 0.110. The largest absolute Gasteiger partial charge is 0.508 e. The molecule has 0 aliphatic carbocycles. The van der Waals surface area contributed by atoms with Gasteiger partial charge in [0, 0.05) is 6.07 Å². The first-order valence-electron chi connectivity index (χ1n) is 4.75. The summed E-state index contributed by atoms with van der Waals surface area (Å²) in [5.74, 6) is 0.294. The molecule has 1 aromatic carbocycles. The van der Waals surface area contributed by atoms with Crippen LogP contribution in [0.5, 0.6) is 11.5 Å². The van der Waals surface area contributed by atoms with E-state index in [2.05, 4.69) is 4.90 Å². The molecule has 0 amide bonds. The molecular formula is C11H17NO2. The monoisotopic (exact) mass is 195 g/mol. The third-order valence-corrected chi connectivity index (χ3v) is 2.12. The van der Waals surface area contributed by atoms with Gasteiger partial charge in [0.1, 0.15) is 11.5 Å². The fourth-order valence-corrected chi connectivity index (χ4v) is 1.35. The summed E-state index contributed by atoms with van der Waals surface area (Å²) in [7, 11) is 4.05. The number of nitrogens with zero attached hydrogens (tertiary/aromatic N) is 1. The van der Waals surface area contributed by atoms with Crippen LogP contribution in [-0.2, 0) is 6.42 Å². The fraction of sp³-hybridized carbons (Fsp3) is 0.455. The summed E-state index contributed by atoms with van der Waals surface area (Å²) in [5, 5.41) is 18.6. The van der Waals surface area contributed by atoms with E-state index < -0.39 is 0 Å². The molecule has 0 saturated heterocycles. The van der Waals surface area contributed by atoms with Crippen molar-refractivity contribution >= 4 is 0 Å². The van der Waals surface area contributed by atoms with Crippen molar-refractivity contribution in [2.45, 2.75) is 12.8 Å². The van der Waals surface area contributed by atoms with Crippen molar-refractivity contribution in [3.63, 3.8) is 0 Å². The third-order valence-electron chi connectivity index (χ3n) is 2.12. The van der Waals surface area contributed by atoms with Crippen molar-refractivity contribution in [2.75, 3.05) is 20.6 Å². The number of aryl methyl sites for hydroxylation is 1. The van der Waals surface area contributed by atoms with Crippen LogP contribution in [0.3, 0.4) is 0 Å². The van der Waals surface area contributed by atoms with E-state index in [4.69, 9.17) is 5.11 Å². The Kier molecular flexibility index (Phi) is 3.77. The van der Waals surface area contributed by atoms with Gasteiger partial charge in [0.25, 0.3) is 0 Å². The van der Waals surface area contributed by atoms with Crippen molar-refractivity contribution in [2.24, 2.45) is 0 Å². The highest BCUT2D eigenvalue weighted by atomic mass is 16.3. The van der Waals surface area contributed by atoms with Gasteiger partial charge < -0.3 is 15.1 Å². The van der Waals surface area contributed by atoms with Gasteiger partial charge in [0.15, 0.2) is 0 Å². The highest BCUT2D eigenvalue weighted by molar-refractivity contribution is 5.38. The lowest BCUT2D eigenvalue weighted by molar-refractivity contribution is 0.397. The smallest absolute Gasteiger partial charge is 0.122 e. The van der Waals surface area contributed by atoms with Gasteiger partial charge in [-0.25, -0.2) is 0 Å². The molecule has 3 nitrogen and oxygen atoms in total. The van der Waals surface area contributed by atoms with Gasteiger partial charge in [-0.1, -0.05) is 6.07 Å². The summed E-state index contributed by atoms with van der Waals surface area (Å²) in [6.45, 7) is 1.00. The first-order chi connectivity index (χ1) is 6.59. The normalized spacial score (nSPS) is 10.8. The lowest BCUT2D eigenvalue weighted by Gasteiger charge is -2.09. The summed E-state index contributed by atoms with van der Waals surface area (Å²) >= 11 is 0. The summed E-state index contributed by atoms with van der Waals surface area (Å²) in [5.41, 5.74) is 0.893. The Morgan fingerprint density at radius 3 is 2.50 bits per heavy atom. The SMILES string of the molecule is CN(C)CCCc1ccc(O)cc1O. The molecule has 0 saturated carbocycles. The first kappa shape index (κ1) is 10.9. The van der Waals surface area contributed by atoms with Gasteiger partial charge in [-0.15, -0.1) is 0 Å². The molecule has 0 unspecified atom stereocenters. The average molecular weight is 195 g/mol. The predicted molar refractivity (Wildman–Crippen MR) is 56.6 cm³/mol. The lowest BCUT2D eigenvalue weighted by atomic mass is 10.1. The standard InChI is InChI=1S/C11H17NO2/c1-12(2)7-3-4-9-5-6-10(13)8-11(9)14/h5-6,8,13-14H,3-4,7H2,1-2H3. The number of aromatic hydroxyl groups is 2. The molecule has 0 heterocycles. The zero-order valence-corrected chi connectivity index (χ0v) is 8.70. The summed E-state index contributed by atoms with van der Waals surface area (Å²) in [4.78, 5) is 2.11. The molecule has 3 heteroatoms. The zero-order chi connectivity index (χ0) is 10.6. The van der Waals surface area contributed by atoms with Crippen molar-refractivity contribution < 1.29 is 10.2 Å². The molecule has 78 valence electrons. The Morgan fingerprint density at radius 2 is 1.93 bits per heavy atom. The van der Waals surface area contributed by atoms with E-state index >= 15 is 0 Å². The molecule has 0 aliphatic heterocycles. The minimum Gasteiger partial charge on any atom is -0.508 e. The van der Waals surface area contributed by atoms with Crippen LogP contribution in [0.1, 0.15) is 12.0 Å². The van der Waals surface area contributed by atoms with Crippen molar-refractivity contribution in [1.82, 2.24) is 4.90 Å². The Balaban J connectivity index is 2.51. The van der Waals surface area contributed by atoms with Crippen molar-refractivity contribution in [3.05, 3.63) is 23.8 Å². The molecule has 2 N–H and O–H groups in total. The molecule has 0 aliphatic rings. The van der Waals surface area contributed by atoms with Gasteiger partial charge in [0.05, 0.1) is 0 Å². The van der Waals surface area contributed by atoms with Crippen LogP contribution in [0, 0.1) is 0 Å². The Hall–Kier alpha value is -1.22. The molecule has 0 radical (unpaired) electrons. The van der Waals surface area contributed by atoms with Crippen LogP contribution < -0.4 is 0 Å². The zero-order valence-electron chi connectivity index (χ0n) is 8.70. The number of rotatable bonds is 4. The summed E-state index contributed by atoms with van der Waals surface area (Å²) in [6.07, 6.45) is 1.84. The maximum absolute atomic E-state index is 9.48. The molecule has 1 rings (SSSR count). The summed E-state index contributed by atoms with van der Waals surface area (Å²) in [6, 6.07) is 4.75. The third kappa shape index (κ3) is 3.26. The average Bonchev–Trinajstić information content (AvgIpc) is 2.08. The van der Waals surface area contributed by atoms with E-state index in [1.54, 1.807) is 12.1 Å². The van der Waals surface area contributed by atoms with Crippen molar-refractivity contribution in [1.29, 1.82) is 0 Å². The van der Waals surface area contributed by atoms with Crippen molar-refractivity contribution in [3.8, 4) is 11.5 Å². The molecule has 0 spiro atoms. The first-order valence-corrected chi connectivity index (χ1v) is 4.75. The van der Waals surface area contributed by atoms with Crippen LogP contribution in [0.2, 0.25) is 0 Å². The van der Waals surface area contributed by atoms with E-state index in [-0.39, 0.29) is 11.5 Å². The van der Waals surface area contributed by atoms with Crippen LogP contribution in [0.25, 0.3) is 0 Å². The molecule has 0 atom stereocenters.